The zero-order valence-corrected chi connectivity index (χ0v) is 20.0. The van der Waals surface area contributed by atoms with E-state index in [4.69, 9.17) is 27.9 Å². The Morgan fingerprint density at radius 2 is 1.30 bits per heavy atom. The SMILES string of the molecule is CC(O)Oc1ccc(CCN(C[C@H](O)c2cccc(Cl)c2)C[C@H](O)c2cccc(Cl)c2)cc1. The lowest BCUT2D eigenvalue weighted by Gasteiger charge is -2.28. The molecule has 0 fully saturated rings. The zero-order valence-electron chi connectivity index (χ0n) is 18.4. The fourth-order valence-corrected chi connectivity index (χ4v) is 4.00. The second-order valence-electron chi connectivity index (χ2n) is 8.01. The van der Waals surface area contributed by atoms with E-state index in [2.05, 4.69) is 0 Å². The maximum absolute atomic E-state index is 10.8. The predicted molar refractivity (Wildman–Crippen MR) is 132 cm³/mol. The molecule has 1 unspecified atom stereocenters. The highest BCUT2D eigenvalue weighted by atomic mass is 35.5. The summed E-state index contributed by atoms with van der Waals surface area (Å²) in [5.74, 6) is 0.596. The third-order valence-electron chi connectivity index (χ3n) is 5.28. The van der Waals surface area contributed by atoms with Gasteiger partial charge < -0.3 is 20.1 Å². The van der Waals surface area contributed by atoms with Crippen LogP contribution in [0.3, 0.4) is 0 Å². The molecule has 3 atom stereocenters. The van der Waals surface area contributed by atoms with Gasteiger partial charge in [-0.1, -0.05) is 59.6 Å². The van der Waals surface area contributed by atoms with Gasteiger partial charge in [0, 0.05) is 29.7 Å². The van der Waals surface area contributed by atoms with Crippen molar-refractivity contribution in [2.75, 3.05) is 19.6 Å². The minimum Gasteiger partial charge on any atom is -0.465 e. The van der Waals surface area contributed by atoms with Crippen molar-refractivity contribution in [1.82, 2.24) is 4.90 Å². The molecule has 3 aromatic carbocycles. The third-order valence-corrected chi connectivity index (χ3v) is 5.75. The summed E-state index contributed by atoms with van der Waals surface area (Å²) in [5, 5.41) is 32.1. The summed E-state index contributed by atoms with van der Waals surface area (Å²) in [6.45, 7) is 2.84. The highest BCUT2D eigenvalue weighted by Gasteiger charge is 2.19. The maximum atomic E-state index is 10.8. The van der Waals surface area contributed by atoms with Crippen molar-refractivity contribution in [3.8, 4) is 5.75 Å². The Morgan fingerprint density at radius 1 is 0.788 bits per heavy atom. The van der Waals surface area contributed by atoms with Crippen molar-refractivity contribution in [1.29, 1.82) is 0 Å². The van der Waals surface area contributed by atoms with E-state index < -0.39 is 18.5 Å². The van der Waals surface area contributed by atoms with Gasteiger partial charge in [-0.25, -0.2) is 0 Å². The molecule has 0 aromatic heterocycles. The zero-order chi connectivity index (χ0) is 23.8. The first-order valence-electron chi connectivity index (χ1n) is 10.8. The van der Waals surface area contributed by atoms with Crippen LogP contribution in [0.5, 0.6) is 5.75 Å². The van der Waals surface area contributed by atoms with E-state index in [1.54, 1.807) is 31.2 Å². The van der Waals surface area contributed by atoms with Crippen molar-refractivity contribution >= 4 is 23.2 Å². The minimum atomic E-state index is -0.868. The molecule has 0 saturated carbocycles. The summed E-state index contributed by atoms with van der Waals surface area (Å²) in [4.78, 5) is 2.03. The van der Waals surface area contributed by atoms with Gasteiger partial charge in [-0.3, -0.25) is 4.90 Å². The Kier molecular flexibility index (Phi) is 9.56. The van der Waals surface area contributed by atoms with Gasteiger partial charge in [-0.2, -0.15) is 0 Å². The van der Waals surface area contributed by atoms with Gasteiger partial charge in [0.1, 0.15) is 5.75 Å². The van der Waals surface area contributed by atoms with Gasteiger partial charge in [-0.05, 0) is 66.4 Å². The highest BCUT2D eigenvalue weighted by Crippen LogP contribution is 2.23. The first-order valence-corrected chi connectivity index (χ1v) is 11.6. The van der Waals surface area contributed by atoms with E-state index >= 15 is 0 Å². The lowest BCUT2D eigenvalue weighted by atomic mass is 10.1. The van der Waals surface area contributed by atoms with Crippen LogP contribution in [0.15, 0.2) is 72.8 Å². The van der Waals surface area contributed by atoms with E-state index in [0.29, 0.717) is 41.8 Å². The fraction of sp³-hybridized carbons (Fsp3) is 0.308. The van der Waals surface area contributed by atoms with Crippen LogP contribution >= 0.6 is 23.2 Å². The van der Waals surface area contributed by atoms with E-state index in [9.17, 15) is 15.3 Å². The molecule has 3 aromatic rings. The van der Waals surface area contributed by atoms with E-state index in [1.165, 1.54) is 0 Å². The molecule has 0 spiro atoms. The Labute approximate surface area is 204 Å². The number of benzene rings is 3. The number of rotatable bonds is 11. The van der Waals surface area contributed by atoms with E-state index in [1.807, 2.05) is 53.4 Å². The molecule has 176 valence electrons. The maximum Gasteiger partial charge on any atom is 0.194 e. The van der Waals surface area contributed by atoms with Crippen LogP contribution in [0, 0.1) is 0 Å². The normalized spacial score (nSPS) is 14.2. The largest absolute Gasteiger partial charge is 0.465 e. The second kappa shape index (κ2) is 12.4. The molecular formula is C26H29Cl2NO4. The molecule has 0 radical (unpaired) electrons. The number of aliphatic hydroxyl groups excluding tert-OH is 3. The third kappa shape index (κ3) is 8.31. The molecule has 0 heterocycles. The Morgan fingerprint density at radius 3 is 1.76 bits per heavy atom. The average Bonchev–Trinajstić information content (AvgIpc) is 2.78. The molecule has 7 heteroatoms. The van der Waals surface area contributed by atoms with Crippen LogP contribution < -0.4 is 4.74 Å². The fourth-order valence-electron chi connectivity index (χ4n) is 3.60. The number of aliphatic hydroxyl groups is 3. The summed E-state index contributed by atoms with van der Waals surface area (Å²) < 4.78 is 5.27. The molecule has 0 aliphatic rings. The summed E-state index contributed by atoms with van der Waals surface area (Å²) in [6, 6.07) is 21.8. The molecule has 3 rings (SSSR count). The summed E-state index contributed by atoms with van der Waals surface area (Å²) in [6.07, 6.45) is -1.67. The van der Waals surface area contributed by atoms with Crippen molar-refractivity contribution in [3.05, 3.63) is 99.5 Å². The first-order chi connectivity index (χ1) is 15.8. The molecule has 0 bridgehead atoms. The second-order valence-corrected chi connectivity index (χ2v) is 8.89. The van der Waals surface area contributed by atoms with Gasteiger partial charge in [-0.15, -0.1) is 0 Å². The molecular weight excluding hydrogens is 461 g/mol. The number of halogens is 2. The molecule has 0 saturated heterocycles. The van der Waals surface area contributed by atoms with Crippen molar-refractivity contribution in [2.45, 2.75) is 31.8 Å². The van der Waals surface area contributed by atoms with Crippen LogP contribution in [0.1, 0.15) is 35.8 Å². The predicted octanol–water partition coefficient (Wildman–Crippen LogP) is 5.02. The Balaban J connectivity index is 1.70. The van der Waals surface area contributed by atoms with E-state index in [0.717, 1.165) is 16.7 Å². The van der Waals surface area contributed by atoms with Crippen molar-refractivity contribution < 1.29 is 20.1 Å². The average molecular weight is 490 g/mol. The monoisotopic (exact) mass is 489 g/mol. The molecule has 33 heavy (non-hydrogen) atoms. The van der Waals surface area contributed by atoms with E-state index in [-0.39, 0.29) is 0 Å². The topological polar surface area (TPSA) is 73.2 Å². The molecule has 5 nitrogen and oxygen atoms in total. The molecule has 0 aliphatic carbocycles. The van der Waals surface area contributed by atoms with Crippen LogP contribution in [0.2, 0.25) is 10.0 Å². The van der Waals surface area contributed by atoms with Crippen LogP contribution in [-0.4, -0.2) is 46.1 Å². The number of hydrogen-bond donors (Lipinski definition) is 3. The van der Waals surface area contributed by atoms with Crippen LogP contribution in [0.25, 0.3) is 0 Å². The van der Waals surface area contributed by atoms with Gasteiger partial charge in [0.25, 0.3) is 0 Å². The number of ether oxygens (including phenoxy) is 1. The molecule has 3 N–H and O–H groups in total. The summed E-state index contributed by atoms with van der Waals surface area (Å²) in [7, 11) is 0. The van der Waals surface area contributed by atoms with Gasteiger partial charge >= 0.3 is 0 Å². The Bertz CT molecular complexity index is 960. The van der Waals surface area contributed by atoms with Crippen LogP contribution in [0.4, 0.5) is 0 Å². The molecule has 0 aliphatic heterocycles. The Hall–Kier alpha value is -2.12. The lowest BCUT2D eigenvalue weighted by Crippen LogP contribution is -2.34. The van der Waals surface area contributed by atoms with Gasteiger partial charge in [0.05, 0.1) is 12.2 Å². The first kappa shape index (κ1) is 25.5. The standard InChI is InChI=1S/C26H29Cl2NO4/c1-18(30)33-24-10-8-19(9-11-24)12-13-29(16-25(31)20-4-2-6-22(27)14-20)17-26(32)21-5-3-7-23(28)15-21/h2-11,14-15,18,25-26,30-32H,12-13,16-17H2,1H3/t18?,25-,26-/m0/s1. The van der Waals surface area contributed by atoms with Gasteiger partial charge in [0.2, 0.25) is 0 Å². The number of nitrogens with zero attached hydrogens (tertiary/aromatic N) is 1. The van der Waals surface area contributed by atoms with Crippen LogP contribution in [-0.2, 0) is 6.42 Å². The van der Waals surface area contributed by atoms with Crippen molar-refractivity contribution in [3.63, 3.8) is 0 Å². The van der Waals surface area contributed by atoms with Crippen molar-refractivity contribution in [2.24, 2.45) is 0 Å². The lowest BCUT2D eigenvalue weighted by molar-refractivity contribution is -0.000305. The number of hydrogen-bond acceptors (Lipinski definition) is 5. The summed E-state index contributed by atoms with van der Waals surface area (Å²) >= 11 is 12.2. The van der Waals surface area contributed by atoms with Gasteiger partial charge in [0.15, 0.2) is 6.29 Å². The quantitative estimate of drug-likeness (QED) is 0.329. The molecule has 0 amide bonds. The highest BCUT2D eigenvalue weighted by molar-refractivity contribution is 6.30. The summed E-state index contributed by atoms with van der Waals surface area (Å²) in [5.41, 5.74) is 2.53. The minimum absolute atomic E-state index is 0.335. The smallest absolute Gasteiger partial charge is 0.194 e.